The zero-order valence-electron chi connectivity index (χ0n) is 16.6. The molecule has 162 valence electrons. The molecule has 0 aliphatic heterocycles. The number of ether oxygens (including phenoxy) is 2. The van der Waals surface area contributed by atoms with Gasteiger partial charge in [-0.3, -0.25) is 19.4 Å². The van der Waals surface area contributed by atoms with E-state index in [-0.39, 0.29) is 34.1 Å². The van der Waals surface area contributed by atoms with E-state index >= 15 is 0 Å². The van der Waals surface area contributed by atoms with Gasteiger partial charge in [-0.25, -0.2) is 4.98 Å². The molecule has 1 aromatic carbocycles. The first-order valence-electron chi connectivity index (χ1n) is 8.80. The molecule has 2 heterocycles. The number of amides is 2. The van der Waals surface area contributed by atoms with Crippen molar-refractivity contribution in [2.75, 3.05) is 36.3 Å². The highest BCUT2D eigenvalue weighted by Gasteiger charge is 2.16. The van der Waals surface area contributed by atoms with Crippen LogP contribution in [0.15, 0.2) is 51.0 Å². The van der Waals surface area contributed by atoms with Gasteiger partial charge in [0, 0.05) is 6.07 Å². The Balaban J connectivity index is 1.65. The van der Waals surface area contributed by atoms with Gasteiger partial charge in [0.2, 0.25) is 5.91 Å². The molecule has 11 nitrogen and oxygen atoms in total. The first-order chi connectivity index (χ1) is 14.9. The number of nitrogens with one attached hydrogen (secondary N) is 3. The molecule has 0 bridgehead atoms. The van der Waals surface area contributed by atoms with Crippen LogP contribution in [-0.2, 0) is 4.79 Å². The van der Waals surface area contributed by atoms with Crippen molar-refractivity contribution in [2.24, 2.45) is 0 Å². The van der Waals surface area contributed by atoms with Gasteiger partial charge in [-0.05, 0) is 24.3 Å². The Hall–Kier alpha value is -3.93. The zero-order chi connectivity index (χ0) is 22.4. The molecule has 0 atom stereocenters. The average molecular weight is 445 g/mol. The predicted octanol–water partition coefficient (Wildman–Crippen LogP) is 1.95. The number of carbonyl (C=O) groups excluding carboxylic acids is 2. The van der Waals surface area contributed by atoms with Gasteiger partial charge >= 0.3 is 0 Å². The van der Waals surface area contributed by atoms with Gasteiger partial charge in [0.15, 0.2) is 22.4 Å². The van der Waals surface area contributed by atoms with Crippen molar-refractivity contribution in [1.82, 2.24) is 9.97 Å². The van der Waals surface area contributed by atoms with E-state index in [1.165, 1.54) is 32.6 Å². The van der Waals surface area contributed by atoms with Gasteiger partial charge in [-0.1, -0.05) is 11.8 Å². The molecule has 3 rings (SSSR count). The number of thioether (sulfide) groups is 1. The molecule has 2 aromatic heterocycles. The summed E-state index contributed by atoms with van der Waals surface area (Å²) in [6.07, 6.45) is 1.33. The van der Waals surface area contributed by atoms with E-state index < -0.39 is 11.5 Å². The number of nitrogen functional groups attached to an aromatic ring is 1. The van der Waals surface area contributed by atoms with Crippen molar-refractivity contribution in [3.05, 3.63) is 52.7 Å². The monoisotopic (exact) mass is 445 g/mol. The van der Waals surface area contributed by atoms with E-state index in [2.05, 4.69) is 20.6 Å². The van der Waals surface area contributed by atoms with Crippen LogP contribution in [0.5, 0.6) is 11.5 Å². The van der Waals surface area contributed by atoms with Crippen molar-refractivity contribution >= 4 is 40.8 Å². The lowest BCUT2D eigenvalue weighted by Gasteiger charge is -2.11. The van der Waals surface area contributed by atoms with E-state index in [0.717, 1.165) is 11.8 Å². The van der Waals surface area contributed by atoms with Crippen LogP contribution in [0.25, 0.3) is 0 Å². The molecule has 0 aliphatic carbocycles. The number of aromatic nitrogens is 2. The molecular weight excluding hydrogens is 426 g/mol. The number of hydrogen-bond donors (Lipinski definition) is 4. The lowest BCUT2D eigenvalue weighted by Crippen LogP contribution is -2.23. The number of methoxy groups -OCH3 is 2. The molecule has 0 spiro atoms. The second kappa shape index (κ2) is 9.71. The summed E-state index contributed by atoms with van der Waals surface area (Å²) in [6, 6.07) is 7.96. The Bertz CT molecular complexity index is 1150. The van der Waals surface area contributed by atoms with E-state index in [1.54, 1.807) is 18.2 Å². The standard InChI is InChI=1S/C19H19N5O6S/c1-28-10-5-6-12(29-2)11(8-10)21-14(25)9-31-19-23-16(20)15(18(27)24-19)22-17(26)13-4-3-7-30-13/h3-8H,9H2,1-2H3,(H,21,25)(H,22,26)(H3,20,23,24,27). The third-order valence-corrected chi connectivity index (χ3v) is 4.80. The average Bonchev–Trinajstić information content (AvgIpc) is 3.29. The molecule has 5 N–H and O–H groups in total. The highest BCUT2D eigenvalue weighted by atomic mass is 32.2. The second-order valence-corrected chi connectivity index (χ2v) is 6.93. The van der Waals surface area contributed by atoms with Crippen molar-refractivity contribution in [2.45, 2.75) is 5.16 Å². The number of aromatic amines is 1. The van der Waals surface area contributed by atoms with Gasteiger partial charge in [0.05, 0.1) is 31.9 Å². The number of anilines is 3. The summed E-state index contributed by atoms with van der Waals surface area (Å²) in [6.45, 7) is 0. The minimum absolute atomic E-state index is 0.0156. The summed E-state index contributed by atoms with van der Waals surface area (Å²) < 4.78 is 15.3. The number of benzene rings is 1. The van der Waals surface area contributed by atoms with E-state index in [0.29, 0.717) is 17.2 Å². The van der Waals surface area contributed by atoms with Crippen LogP contribution in [0, 0.1) is 0 Å². The summed E-state index contributed by atoms with van der Waals surface area (Å²) in [5, 5.41) is 5.17. The van der Waals surface area contributed by atoms with Crippen molar-refractivity contribution in [1.29, 1.82) is 0 Å². The minimum Gasteiger partial charge on any atom is -0.497 e. The van der Waals surface area contributed by atoms with E-state index in [9.17, 15) is 14.4 Å². The lowest BCUT2D eigenvalue weighted by atomic mass is 10.2. The third kappa shape index (κ3) is 5.36. The van der Waals surface area contributed by atoms with Crippen LogP contribution in [0.4, 0.5) is 17.2 Å². The maximum atomic E-state index is 12.3. The second-order valence-electron chi connectivity index (χ2n) is 5.97. The van der Waals surface area contributed by atoms with E-state index in [4.69, 9.17) is 19.6 Å². The molecule has 2 amide bonds. The number of nitrogens with zero attached hydrogens (tertiary/aromatic N) is 1. The molecule has 0 radical (unpaired) electrons. The van der Waals surface area contributed by atoms with Crippen molar-refractivity contribution in [3.63, 3.8) is 0 Å². The molecule has 31 heavy (non-hydrogen) atoms. The Morgan fingerprint density at radius 3 is 2.68 bits per heavy atom. The maximum Gasteiger partial charge on any atom is 0.291 e. The quantitative estimate of drug-likeness (QED) is 0.300. The topological polar surface area (TPSA) is 162 Å². The Labute approximate surface area is 180 Å². The number of hydrogen-bond acceptors (Lipinski definition) is 9. The maximum absolute atomic E-state index is 12.3. The number of nitrogens with two attached hydrogens (primary N) is 1. The van der Waals surface area contributed by atoms with Crippen LogP contribution >= 0.6 is 11.8 Å². The molecule has 0 saturated carbocycles. The molecule has 0 saturated heterocycles. The number of carbonyl (C=O) groups is 2. The smallest absolute Gasteiger partial charge is 0.291 e. The fraction of sp³-hybridized carbons (Fsp3) is 0.158. The minimum atomic E-state index is -0.662. The number of rotatable bonds is 8. The van der Waals surface area contributed by atoms with Crippen molar-refractivity contribution in [3.8, 4) is 11.5 Å². The SMILES string of the molecule is COc1ccc(OC)c(NC(=O)CSc2nc(N)c(NC(=O)c3ccco3)c(=O)[nH]2)c1. The zero-order valence-corrected chi connectivity index (χ0v) is 17.4. The first kappa shape index (κ1) is 21.8. The van der Waals surface area contributed by atoms with Crippen molar-refractivity contribution < 1.29 is 23.5 Å². The van der Waals surface area contributed by atoms with Crippen LogP contribution in [0.2, 0.25) is 0 Å². The Morgan fingerprint density at radius 1 is 1.23 bits per heavy atom. The largest absolute Gasteiger partial charge is 0.497 e. The summed E-state index contributed by atoms with van der Waals surface area (Å²) >= 11 is 0.963. The number of furan rings is 1. The molecule has 0 fully saturated rings. The number of H-pyrrole nitrogens is 1. The van der Waals surface area contributed by atoms with Crippen LogP contribution in [-0.4, -0.2) is 41.8 Å². The molecule has 0 unspecified atom stereocenters. The molecule has 3 aromatic rings. The molecule has 12 heteroatoms. The highest BCUT2D eigenvalue weighted by Crippen LogP contribution is 2.29. The van der Waals surface area contributed by atoms with E-state index in [1.807, 2.05) is 0 Å². The van der Waals surface area contributed by atoms with Gasteiger partial charge < -0.3 is 30.3 Å². The molecular formula is C19H19N5O6S. The van der Waals surface area contributed by atoms with Gasteiger partial charge in [0.1, 0.15) is 11.5 Å². The summed E-state index contributed by atoms with van der Waals surface area (Å²) in [5.74, 6) is -0.242. The first-order valence-corrected chi connectivity index (χ1v) is 9.79. The van der Waals surface area contributed by atoms with Gasteiger partial charge in [0.25, 0.3) is 11.5 Å². The summed E-state index contributed by atoms with van der Waals surface area (Å²) in [5.41, 5.74) is 5.36. The fourth-order valence-electron chi connectivity index (χ4n) is 2.47. The third-order valence-electron chi connectivity index (χ3n) is 3.93. The Kier molecular flexibility index (Phi) is 6.82. The highest BCUT2D eigenvalue weighted by molar-refractivity contribution is 7.99. The predicted molar refractivity (Wildman–Crippen MR) is 115 cm³/mol. The summed E-state index contributed by atoms with van der Waals surface area (Å²) in [4.78, 5) is 43.1. The van der Waals surface area contributed by atoms with Crippen LogP contribution in [0.3, 0.4) is 0 Å². The van der Waals surface area contributed by atoms with Gasteiger partial charge in [-0.2, -0.15) is 0 Å². The lowest BCUT2D eigenvalue weighted by molar-refractivity contribution is -0.113. The summed E-state index contributed by atoms with van der Waals surface area (Å²) in [7, 11) is 2.99. The van der Waals surface area contributed by atoms with Crippen LogP contribution < -0.4 is 31.4 Å². The normalized spacial score (nSPS) is 10.4. The Morgan fingerprint density at radius 2 is 2.03 bits per heavy atom. The van der Waals surface area contributed by atoms with Gasteiger partial charge in [-0.15, -0.1) is 0 Å². The molecule has 0 aliphatic rings. The fourth-order valence-corrected chi connectivity index (χ4v) is 3.14. The van der Waals surface area contributed by atoms with Crippen LogP contribution in [0.1, 0.15) is 10.6 Å².